The van der Waals surface area contributed by atoms with Crippen LogP contribution in [0, 0.1) is 0 Å². The van der Waals surface area contributed by atoms with Crippen LogP contribution in [0.2, 0.25) is 0 Å². The molecule has 4 N–H and O–H groups in total. The lowest BCUT2D eigenvalue weighted by Gasteiger charge is -2.37. The zero-order valence-electron chi connectivity index (χ0n) is 12.9. The van der Waals surface area contributed by atoms with Crippen molar-refractivity contribution in [1.82, 2.24) is 9.80 Å². The number of primary amides is 1. The lowest BCUT2D eigenvalue weighted by Crippen LogP contribution is -2.48. The molecule has 0 bridgehead atoms. The highest BCUT2D eigenvalue weighted by atomic mass is 16.1. The van der Waals surface area contributed by atoms with Gasteiger partial charge in [-0.2, -0.15) is 0 Å². The van der Waals surface area contributed by atoms with Crippen LogP contribution >= 0.6 is 0 Å². The Labute approximate surface area is 126 Å². The van der Waals surface area contributed by atoms with Gasteiger partial charge in [0.15, 0.2) is 0 Å². The standard InChI is InChI=1S/C15H25N5O/c1-18(2)5-6-19-7-9-20(10-8-19)14-4-3-12(16)11-13(14)15(17)21/h3-4,11H,5-10,16H2,1-2H3,(H2,17,21). The van der Waals surface area contributed by atoms with E-state index in [1.165, 1.54) is 0 Å². The highest BCUT2D eigenvalue weighted by Gasteiger charge is 2.20. The van der Waals surface area contributed by atoms with Crippen LogP contribution in [0.5, 0.6) is 0 Å². The maximum absolute atomic E-state index is 11.6. The van der Waals surface area contributed by atoms with Crippen LogP contribution in [0.25, 0.3) is 0 Å². The van der Waals surface area contributed by atoms with Crippen molar-refractivity contribution in [3.05, 3.63) is 23.8 Å². The van der Waals surface area contributed by atoms with Crippen LogP contribution in [-0.4, -0.2) is 69.1 Å². The maximum Gasteiger partial charge on any atom is 0.250 e. The first kappa shape index (κ1) is 15.6. The summed E-state index contributed by atoms with van der Waals surface area (Å²) < 4.78 is 0. The van der Waals surface area contributed by atoms with E-state index in [9.17, 15) is 4.79 Å². The number of hydrogen-bond donors (Lipinski definition) is 2. The van der Waals surface area contributed by atoms with E-state index >= 15 is 0 Å². The molecular formula is C15H25N5O. The Balaban J connectivity index is 2.01. The summed E-state index contributed by atoms with van der Waals surface area (Å²) in [6.45, 7) is 5.93. The SMILES string of the molecule is CN(C)CCN1CCN(c2ccc(N)cc2C(N)=O)CC1. The molecule has 1 saturated heterocycles. The number of hydrogen-bond acceptors (Lipinski definition) is 5. The van der Waals surface area contributed by atoms with Crippen molar-refractivity contribution in [3.63, 3.8) is 0 Å². The van der Waals surface area contributed by atoms with Crippen molar-refractivity contribution in [2.75, 3.05) is 64.0 Å². The van der Waals surface area contributed by atoms with Crippen LogP contribution in [0.1, 0.15) is 10.4 Å². The van der Waals surface area contributed by atoms with Gasteiger partial charge in [0.05, 0.1) is 5.56 Å². The number of amides is 1. The van der Waals surface area contributed by atoms with E-state index in [4.69, 9.17) is 11.5 Å². The van der Waals surface area contributed by atoms with Gasteiger partial charge in [-0.25, -0.2) is 0 Å². The van der Waals surface area contributed by atoms with Crippen molar-refractivity contribution in [2.24, 2.45) is 5.73 Å². The number of nitrogen functional groups attached to an aromatic ring is 1. The average Bonchev–Trinajstić information content (AvgIpc) is 2.45. The van der Waals surface area contributed by atoms with E-state index in [-0.39, 0.29) is 0 Å². The van der Waals surface area contributed by atoms with Crippen molar-refractivity contribution in [2.45, 2.75) is 0 Å². The van der Waals surface area contributed by atoms with E-state index in [1.54, 1.807) is 6.07 Å². The molecule has 0 saturated carbocycles. The number of likely N-dealkylation sites (N-methyl/N-ethyl adjacent to an activating group) is 1. The average molecular weight is 291 g/mol. The van der Waals surface area contributed by atoms with E-state index in [0.717, 1.165) is 45.0 Å². The number of rotatable bonds is 5. The van der Waals surface area contributed by atoms with Gasteiger partial charge in [-0.05, 0) is 32.3 Å². The summed E-state index contributed by atoms with van der Waals surface area (Å²) >= 11 is 0. The van der Waals surface area contributed by atoms with Gasteiger partial charge in [0, 0.05) is 50.6 Å². The fourth-order valence-corrected chi connectivity index (χ4v) is 2.58. The first-order valence-electron chi connectivity index (χ1n) is 7.28. The highest BCUT2D eigenvalue weighted by Crippen LogP contribution is 2.24. The first-order valence-corrected chi connectivity index (χ1v) is 7.28. The molecule has 0 aromatic heterocycles. The van der Waals surface area contributed by atoms with Crippen LogP contribution < -0.4 is 16.4 Å². The lowest BCUT2D eigenvalue weighted by atomic mass is 10.1. The van der Waals surface area contributed by atoms with Gasteiger partial charge >= 0.3 is 0 Å². The summed E-state index contributed by atoms with van der Waals surface area (Å²) in [4.78, 5) is 18.4. The molecule has 1 aliphatic heterocycles. The zero-order valence-corrected chi connectivity index (χ0v) is 12.9. The van der Waals surface area contributed by atoms with Crippen molar-refractivity contribution >= 4 is 17.3 Å². The third kappa shape index (κ3) is 4.09. The number of nitrogens with zero attached hydrogens (tertiary/aromatic N) is 3. The Morgan fingerprint density at radius 1 is 1.24 bits per heavy atom. The molecule has 1 aromatic rings. The minimum Gasteiger partial charge on any atom is -0.399 e. The first-order chi connectivity index (χ1) is 9.97. The quantitative estimate of drug-likeness (QED) is 0.750. The van der Waals surface area contributed by atoms with Crippen molar-refractivity contribution in [3.8, 4) is 0 Å². The minimum absolute atomic E-state index is 0.424. The van der Waals surface area contributed by atoms with Crippen LogP contribution in [0.3, 0.4) is 0 Å². The number of anilines is 2. The number of carbonyl (C=O) groups excluding carboxylic acids is 1. The maximum atomic E-state index is 11.6. The number of carbonyl (C=O) groups is 1. The van der Waals surface area contributed by atoms with Crippen molar-refractivity contribution in [1.29, 1.82) is 0 Å². The summed E-state index contributed by atoms with van der Waals surface area (Å²) in [5.41, 5.74) is 13.2. The molecule has 1 aliphatic rings. The topological polar surface area (TPSA) is 78.8 Å². The monoisotopic (exact) mass is 291 g/mol. The van der Waals surface area contributed by atoms with Crippen LogP contribution in [-0.2, 0) is 0 Å². The molecule has 0 unspecified atom stereocenters. The second kappa shape index (κ2) is 6.78. The van der Waals surface area contributed by atoms with Gasteiger partial charge in [0.25, 0.3) is 5.91 Å². The minimum atomic E-state index is -0.424. The molecule has 0 radical (unpaired) electrons. The normalized spacial score (nSPS) is 16.4. The summed E-state index contributed by atoms with van der Waals surface area (Å²) in [5, 5.41) is 0. The second-order valence-corrected chi connectivity index (χ2v) is 5.77. The van der Waals surface area contributed by atoms with Gasteiger partial charge in [0.1, 0.15) is 0 Å². The number of nitrogens with two attached hydrogens (primary N) is 2. The molecule has 21 heavy (non-hydrogen) atoms. The van der Waals surface area contributed by atoms with Gasteiger partial charge in [-0.3, -0.25) is 9.69 Å². The smallest absolute Gasteiger partial charge is 0.250 e. The summed E-state index contributed by atoms with van der Waals surface area (Å²) in [5.74, 6) is -0.424. The Kier molecular flexibility index (Phi) is 5.03. The summed E-state index contributed by atoms with van der Waals surface area (Å²) in [6.07, 6.45) is 0. The third-order valence-corrected chi connectivity index (χ3v) is 3.86. The predicted octanol–water partition coefficient (Wildman–Crippen LogP) is 0.0513. The molecule has 1 amide bonds. The third-order valence-electron chi connectivity index (χ3n) is 3.86. The van der Waals surface area contributed by atoms with Gasteiger partial charge < -0.3 is 21.3 Å². The Hall–Kier alpha value is -1.79. The van der Waals surface area contributed by atoms with E-state index < -0.39 is 5.91 Å². The van der Waals surface area contributed by atoms with Crippen molar-refractivity contribution < 1.29 is 4.79 Å². The molecule has 6 nitrogen and oxygen atoms in total. The molecule has 2 rings (SSSR count). The van der Waals surface area contributed by atoms with Gasteiger partial charge in [-0.1, -0.05) is 0 Å². The molecule has 0 spiro atoms. The van der Waals surface area contributed by atoms with Crippen LogP contribution in [0.15, 0.2) is 18.2 Å². The largest absolute Gasteiger partial charge is 0.399 e. The Morgan fingerprint density at radius 3 is 2.48 bits per heavy atom. The summed E-state index contributed by atoms with van der Waals surface area (Å²) in [6, 6.07) is 5.38. The molecule has 0 aliphatic carbocycles. The summed E-state index contributed by atoms with van der Waals surface area (Å²) in [7, 11) is 4.17. The van der Waals surface area contributed by atoms with E-state index in [1.807, 2.05) is 12.1 Å². The Bertz CT molecular complexity index is 495. The van der Waals surface area contributed by atoms with E-state index in [0.29, 0.717) is 11.3 Å². The number of piperazine rings is 1. The van der Waals surface area contributed by atoms with Crippen LogP contribution in [0.4, 0.5) is 11.4 Å². The van der Waals surface area contributed by atoms with E-state index in [2.05, 4.69) is 28.8 Å². The molecule has 0 atom stereocenters. The molecular weight excluding hydrogens is 266 g/mol. The zero-order chi connectivity index (χ0) is 15.4. The highest BCUT2D eigenvalue weighted by molar-refractivity contribution is 5.99. The van der Waals surface area contributed by atoms with Gasteiger partial charge in [-0.15, -0.1) is 0 Å². The van der Waals surface area contributed by atoms with Gasteiger partial charge in [0.2, 0.25) is 0 Å². The lowest BCUT2D eigenvalue weighted by molar-refractivity contribution is 0.100. The molecule has 1 aromatic carbocycles. The molecule has 1 heterocycles. The fourth-order valence-electron chi connectivity index (χ4n) is 2.58. The molecule has 116 valence electrons. The predicted molar refractivity (Wildman–Crippen MR) is 86.6 cm³/mol. The molecule has 1 fully saturated rings. The Morgan fingerprint density at radius 2 is 1.90 bits per heavy atom. The molecule has 6 heteroatoms. The fraction of sp³-hybridized carbons (Fsp3) is 0.533. The number of benzene rings is 1. The second-order valence-electron chi connectivity index (χ2n) is 5.77.